The first-order valence-corrected chi connectivity index (χ1v) is 5.69. The first-order valence-electron chi connectivity index (χ1n) is 5.31. The van der Waals surface area contributed by atoms with Gasteiger partial charge < -0.3 is 10.0 Å². The van der Waals surface area contributed by atoms with Crippen LogP contribution in [0.25, 0.3) is 0 Å². The summed E-state index contributed by atoms with van der Waals surface area (Å²) in [7, 11) is 0. The third-order valence-corrected chi connectivity index (χ3v) is 3.25. The smallest absolute Gasteiger partial charge is 0.310 e. The van der Waals surface area contributed by atoms with Gasteiger partial charge >= 0.3 is 5.69 Å². The van der Waals surface area contributed by atoms with E-state index in [2.05, 4.69) is 0 Å². The highest BCUT2D eigenvalue weighted by Crippen LogP contribution is 2.37. The Labute approximate surface area is 104 Å². The fraction of sp³-hybridized carbons (Fsp3) is 0.455. The third kappa shape index (κ3) is 2.35. The number of β-amino-alcohol motifs (C(OH)–C–C–N with tert-alkyl or cyclic N) is 1. The second-order valence-electron chi connectivity index (χ2n) is 4.53. The fourth-order valence-corrected chi connectivity index (χ4v) is 2.33. The van der Waals surface area contributed by atoms with Crippen molar-refractivity contribution >= 4 is 23.0 Å². The van der Waals surface area contributed by atoms with E-state index in [9.17, 15) is 15.2 Å². The van der Waals surface area contributed by atoms with Gasteiger partial charge in [0.25, 0.3) is 0 Å². The minimum absolute atomic E-state index is 0.0909. The molecule has 1 heterocycles. The monoisotopic (exact) mass is 256 g/mol. The number of nitro benzene ring substituents is 1. The summed E-state index contributed by atoms with van der Waals surface area (Å²) in [6, 6.07) is 4.83. The molecule has 1 aromatic carbocycles. The molecule has 0 aliphatic carbocycles. The molecule has 0 saturated carbocycles. The zero-order valence-corrected chi connectivity index (χ0v) is 10.1. The van der Waals surface area contributed by atoms with Gasteiger partial charge in [-0.05, 0) is 25.5 Å². The van der Waals surface area contributed by atoms with Crippen molar-refractivity contribution in [2.45, 2.75) is 18.9 Å². The molecule has 0 aromatic heterocycles. The lowest BCUT2D eigenvalue weighted by Gasteiger charge is -2.20. The van der Waals surface area contributed by atoms with Gasteiger partial charge in [-0.25, -0.2) is 0 Å². The first-order chi connectivity index (χ1) is 7.91. The SMILES string of the molecule is CC1(O)CCN(c2cccc(Cl)c2[N+](=O)[O-])C1. The Hall–Kier alpha value is -1.33. The molecule has 6 heteroatoms. The van der Waals surface area contributed by atoms with E-state index in [0.717, 1.165) is 0 Å². The predicted molar refractivity (Wildman–Crippen MR) is 65.6 cm³/mol. The summed E-state index contributed by atoms with van der Waals surface area (Å²) < 4.78 is 0. The van der Waals surface area contributed by atoms with E-state index in [0.29, 0.717) is 25.2 Å². The average Bonchev–Trinajstić information content (AvgIpc) is 2.57. The number of nitro groups is 1. The molecule has 92 valence electrons. The van der Waals surface area contributed by atoms with E-state index in [1.165, 1.54) is 6.07 Å². The van der Waals surface area contributed by atoms with Gasteiger partial charge in [-0.1, -0.05) is 17.7 Å². The molecule has 1 aliphatic heterocycles. The molecular weight excluding hydrogens is 244 g/mol. The van der Waals surface area contributed by atoms with Crippen LogP contribution >= 0.6 is 11.6 Å². The van der Waals surface area contributed by atoms with Gasteiger partial charge in [0.15, 0.2) is 0 Å². The lowest BCUT2D eigenvalue weighted by molar-refractivity contribution is -0.384. The highest BCUT2D eigenvalue weighted by Gasteiger charge is 2.34. The van der Waals surface area contributed by atoms with Gasteiger partial charge in [0, 0.05) is 13.1 Å². The van der Waals surface area contributed by atoms with E-state index >= 15 is 0 Å². The number of benzene rings is 1. The van der Waals surface area contributed by atoms with Crippen LogP contribution in [0, 0.1) is 10.1 Å². The van der Waals surface area contributed by atoms with Gasteiger partial charge in [0.05, 0.1) is 10.5 Å². The van der Waals surface area contributed by atoms with Gasteiger partial charge in [-0.3, -0.25) is 10.1 Å². The Bertz CT molecular complexity index is 462. The average molecular weight is 257 g/mol. The summed E-state index contributed by atoms with van der Waals surface area (Å²) in [4.78, 5) is 12.3. The maximum Gasteiger partial charge on any atom is 0.310 e. The quantitative estimate of drug-likeness (QED) is 0.651. The Balaban J connectivity index is 2.40. The third-order valence-electron chi connectivity index (χ3n) is 2.94. The van der Waals surface area contributed by atoms with Crippen LogP contribution in [0.3, 0.4) is 0 Å². The minimum Gasteiger partial charge on any atom is -0.388 e. The van der Waals surface area contributed by atoms with Crippen molar-refractivity contribution in [1.82, 2.24) is 0 Å². The zero-order chi connectivity index (χ0) is 12.6. The van der Waals surface area contributed by atoms with Crippen LogP contribution in [0.1, 0.15) is 13.3 Å². The first kappa shape index (κ1) is 12.1. The maximum atomic E-state index is 11.0. The van der Waals surface area contributed by atoms with Crippen LogP contribution in [0.2, 0.25) is 5.02 Å². The van der Waals surface area contributed by atoms with E-state index in [1.54, 1.807) is 24.0 Å². The van der Waals surface area contributed by atoms with Gasteiger partial charge in [0.2, 0.25) is 0 Å². The molecule has 17 heavy (non-hydrogen) atoms. The van der Waals surface area contributed by atoms with Crippen molar-refractivity contribution in [1.29, 1.82) is 0 Å². The van der Waals surface area contributed by atoms with E-state index in [-0.39, 0.29) is 10.7 Å². The van der Waals surface area contributed by atoms with E-state index in [1.807, 2.05) is 0 Å². The molecule has 0 spiro atoms. The number of rotatable bonds is 2. The topological polar surface area (TPSA) is 66.6 Å². The van der Waals surface area contributed by atoms with Crippen LogP contribution in [-0.4, -0.2) is 28.7 Å². The molecule has 0 radical (unpaired) electrons. The molecule has 1 saturated heterocycles. The second kappa shape index (κ2) is 4.16. The summed E-state index contributed by atoms with van der Waals surface area (Å²) in [5.41, 5.74) is -0.414. The molecule has 1 aromatic rings. The van der Waals surface area contributed by atoms with Crippen molar-refractivity contribution in [2.24, 2.45) is 0 Å². The lowest BCUT2D eigenvalue weighted by atomic mass is 10.1. The number of hydrogen-bond donors (Lipinski definition) is 1. The summed E-state index contributed by atoms with van der Waals surface area (Å²) >= 11 is 5.84. The van der Waals surface area contributed by atoms with Crippen LogP contribution in [0.5, 0.6) is 0 Å². The van der Waals surface area contributed by atoms with Crippen molar-refractivity contribution < 1.29 is 10.0 Å². The van der Waals surface area contributed by atoms with E-state index < -0.39 is 10.5 Å². The second-order valence-corrected chi connectivity index (χ2v) is 4.94. The maximum absolute atomic E-state index is 11.0. The largest absolute Gasteiger partial charge is 0.388 e. The molecule has 5 nitrogen and oxygen atoms in total. The van der Waals surface area contributed by atoms with Gasteiger partial charge in [0.1, 0.15) is 10.7 Å². The van der Waals surface area contributed by atoms with Crippen LogP contribution in [-0.2, 0) is 0 Å². The molecular formula is C11H13ClN2O3. The number of aliphatic hydroxyl groups is 1. The predicted octanol–water partition coefficient (Wildman–Crippen LogP) is 2.21. The van der Waals surface area contributed by atoms with Crippen LogP contribution < -0.4 is 4.90 Å². The molecule has 1 aliphatic rings. The minimum atomic E-state index is -0.795. The van der Waals surface area contributed by atoms with Crippen molar-refractivity contribution in [2.75, 3.05) is 18.0 Å². The van der Waals surface area contributed by atoms with Gasteiger partial charge in [-0.2, -0.15) is 0 Å². The molecule has 2 rings (SSSR count). The molecule has 0 amide bonds. The molecule has 0 bridgehead atoms. The number of halogens is 1. The lowest BCUT2D eigenvalue weighted by Crippen LogP contribution is -2.29. The number of anilines is 1. The number of hydrogen-bond acceptors (Lipinski definition) is 4. The number of nitrogens with zero attached hydrogens (tertiary/aromatic N) is 2. The van der Waals surface area contributed by atoms with Crippen molar-refractivity contribution in [3.05, 3.63) is 33.3 Å². The standard InChI is InChI=1S/C11H13ClN2O3/c1-11(15)5-6-13(7-11)9-4-2-3-8(12)10(9)14(16)17/h2-4,15H,5-7H2,1H3. The Morgan fingerprint density at radius 3 is 2.82 bits per heavy atom. The van der Waals surface area contributed by atoms with Gasteiger partial charge in [-0.15, -0.1) is 0 Å². The summed E-state index contributed by atoms with van der Waals surface area (Å²) in [5, 5.41) is 21.0. The molecule has 1 fully saturated rings. The highest BCUT2D eigenvalue weighted by atomic mass is 35.5. The normalized spacial score (nSPS) is 24.1. The fourth-order valence-electron chi connectivity index (χ4n) is 2.09. The zero-order valence-electron chi connectivity index (χ0n) is 9.39. The van der Waals surface area contributed by atoms with Crippen molar-refractivity contribution in [3.63, 3.8) is 0 Å². The molecule has 1 atom stereocenters. The summed E-state index contributed by atoms with van der Waals surface area (Å²) in [6.07, 6.45) is 0.594. The molecule has 1 unspecified atom stereocenters. The van der Waals surface area contributed by atoms with Crippen LogP contribution in [0.4, 0.5) is 11.4 Å². The Morgan fingerprint density at radius 2 is 2.29 bits per heavy atom. The molecule has 1 N–H and O–H groups in total. The van der Waals surface area contributed by atoms with Crippen LogP contribution in [0.15, 0.2) is 18.2 Å². The highest BCUT2D eigenvalue weighted by molar-refractivity contribution is 6.33. The van der Waals surface area contributed by atoms with Crippen molar-refractivity contribution in [3.8, 4) is 0 Å². The Morgan fingerprint density at radius 1 is 1.59 bits per heavy atom. The Kier molecular flexibility index (Phi) is 2.97. The van der Waals surface area contributed by atoms with E-state index in [4.69, 9.17) is 11.6 Å². The summed E-state index contributed by atoms with van der Waals surface area (Å²) in [5.74, 6) is 0. The number of para-hydroxylation sites is 1. The summed E-state index contributed by atoms with van der Waals surface area (Å²) in [6.45, 7) is 2.70.